The van der Waals surface area contributed by atoms with Crippen molar-refractivity contribution in [2.24, 2.45) is 0 Å². The number of carbonyl (C=O) groups is 2. The van der Waals surface area contributed by atoms with Gasteiger partial charge in [0, 0.05) is 18.5 Å². The smallest absolute Gasteiger partial charge is 0.258 e. The summed E-state index contributed by atoms with van der Waals surface area (Å²) in [5.41, 5.74) is 1.00. The van der Waals surface area contributed by atoms with Crippen LogP contribution in [0.5, 0.6) is 5.75 Å². The summed E-state index contributed by atoms with van der Waals surface area (Å²) in [5.74, 6) is 0.584. The zero-order chi connectivity index (χ0) is 19.2. The fourth-order valence-corrected chi connectivity index (χ4v) is 2.35. The SMILES string of the molecule is CCOc1ccccc1NC(=O)c1cncc(C(=O)Nc2cc(C)on2)c1. The number of rotatable bonds is 6. The molecule has 0 aliphatic rings. The van der Waals surface area contributed by atoms with E-state index >= 15 is 0 Å². The van der Waals surface area contributed by atoms with E-state index in [1.807, 2.05) is 13.0 Å². The van der Waals surface area contributed by atoms with Crippen LogP contribution in [0, 0.1) is 6.92 Å². The maximum Gasteiger partial charge on any atom is 0.258 e. The monoisotopic (exact) mass is 366 g/mol. The van der Waals surface area contributed by atoms with Gasteiger partial charge in [0.15, 0.2) is 5.82 Å². The van der Waals surface area contributed by atoms with Crippen molar-refractivity contribution >= 4 is 23.3 Å². The van der Waals surface area contributed by atoms with Gasteiger partial charge < -0.3 is 19.9 Å². The fourth-order valence-electron chi connectivity index (χ4n) is 2.35. The van der Waals surface area contributed by atoms with E-state index in [1.54, 1.807) is 31.2 Å². The summed E-state index contributed by atoms with van der Waals surface area (Å²) in [5, 5.41) is 9.05. The van der Waals surface area contributed by atoms with Crippen molar-refractivity contribution in [3.05, 3.63) is 65.7 Å². The average Bonchev–Trinajstić information content (AvgIpc) is 3.08. The molecule has 0 bridgehead atoms. The summed E-state index contributed by atoms with van der Waals surface area (Å²) in [7, 11) is 0. The lowest BCUT2D eigenvalue weighted by molar-refractivity contribution is 0.102. The fraction of sp³-hybridized carbons (Fsp3) is 0.158. The number of pyridine rings is 1. The molecule has 3 rings (SSSR count). The Morgan fingerprint density at radius 3 is 2.44 bits per heavy atom. The van der Waals surface area contributed by atoms with Crippen molar-refractivity contribution < 1.29 is 18.8 Å². The molecule has 0 radical (unpaired) electrons. The predicted octanol–water partition coefficient (Wildman–Crippen LogP) is 3.28. The third-order valence-corrected chi connectivity index (χ3v) is 3.57. The lowest BCUT2D eigenvalue weighted by atomic mass is 10.1. The van der Waals surface area contributed by atoms with Gasteiger partial charge in [-0.3, -0.25) is 14.6 Å². The van der Waals surface area contributed by atoms with Gasteiger partial charge in [-0.1, -0.05) is 17.3 Å². The second-order valence-electron chi connectivity index (χ2n) is 5.62. The van der Waals surface area contributed by atoms with Gasteiger partial charge in [0.05, 0.1) is 23.4 Å². The van der Waals surface area contributed by atoms with E-state index in [9.17, 15) is 9.59 Å². The van der Waals surface area contributed by atoms with E-state index in [0.717, 1.165) is 0 Å². The van der Waals surface area contributed by atoms with Crippen molar-refractivity contribution in [1.29, 1.82) is 0 Å². The maximum atomic E-state index is 12.5. The number of hydrogen-bond acceptors (Lipinski definition) is 6. The number of nitrogens with zero attached hydrogens (tertiary/aromatic N) is 2. The normalized spacial score (nSPS) is 10.3. The van der Waals surface area contributed by atoms with Crippen LogP contribution in [-0.2, 0) is 0 Å². The Kier molecular flexibility index (Phi) is 5.46. The first-order valence-corrected chi connectivity index (χ1v) is 8.29. The molecule has 2 aromatic heterocycles. The number of ether oxygens (including phenoxy) is 1. The Morgan fingerprint density at radius 1 is 1.07 bits per heavy atom. The summed E-state index contributed by atoms with van der Waals surface area (Å²) in [6.45, 7) is 4.06. The molecule has 2 heterocycles. The summed E-state index contributed by atoms with van der Waals surface area (Å²) in [6.07, 6.45) is 2.75. The van der Waals surface area contributed by atoms with E-state index in [1.165, 1.54) is 18.5 Å². The second-order valence-corrected chi connectivity index (χ2v) is 5.62. The number of carbonyl (C=O) groups excluding carboxylic acids is 2. The van der Waals surface area contributed by atoms with Gasteiger partial charge in [0.1, 0.15) is 11.5 Å². The Bertz CT molecular complexity index is 968. The van der Waals surface area contributed by atoms with Gasteiger partial charge >= 0.3 is 0 Å². The van der Waals surface area contributed by atoms with Gasteiger partial charge in [0.2, 0.25) is 0 Å². The summed E-state index contributed by atoms with van der Waals surface area (Å²) < 4.78 is 10.4. The van der Waals surface area contributed by atoms with Crippen molar-refractivity contribution in [2.45, 2.75) is 13.8 Å². The van der Waals surface area contributed by atoms with Crippen LogP contribution in [0.1, 0.15) is 33.4 Å². The predicted molar refractivity (Wildman–Crippen MR) is 99.0 cm³/mol. The standard InChI is InChI=1S/C19H18N4O4/c1-3-26-16-7-5-4-6-15(16)21-18(24)13-9-14(11-20-10-13)19(25)22-17-8-12(2)27-23-17/h4-11H,3H2,1-2H3,(H,21,24)(H,22,23,25). The molecule has 8 heteroatoms. The molecule has 0 spiro atoms. The minimum Gasteiger partial charge on any atom is -0.492 e. The van der Waals surface area contributed by atoms with Crippen LogP contribution in [-0.4, -0.2) is 28.6 Å². The number of anilines is 2. The van der Waals surface area contributed by atoms with Gasteiger partial charge in [-0.05, 0) is 32.0 Å². The minimum atomic E-state index is -0.444. The Morgan fingerprint density at radius 2 is 1.78 bits per heavy atom. The van der Waals surface area contributed by atoms with Crippen LogP contribution in [0.2, 0.25) is 0 Å². The molecule has 2 amide bonds. The molecule has 138 valence electrons. The molecule has 0 aliphatic carbocycles. The van der Waals surface area contributed by atoms with E-state index in [0.29, 0.717) is 23.8 Å². The van der Waals surface area contributed by atoms with Gasteiger partial charge in [-0.25, -0.2) is 0 Å². The summed E-state index contributed by atoms with van der Waals surface area (Å²) in [6, 6.07) is 10.2. The zero-order valence-corrected chi connectivity index (χ0v) is 14.9. The first-order chi connectivity index (χ1) is 13.1. The van der Waals surface area contributed by atoms with Gasteiger partial charge in [0.25, 0.3) is 11.8 Å². The second kappa shape index (κ2) is 8.13. The maximum absolute atomic E-state index is 12.5. The molecule has 0 saturated heterocycles. The van der Waals surface area contributed by atoms with E-state index in [4.69, 9.17) is 9.26 Å². The molecule has 2 N–H and O–H groups in total. The average molecular weight is 366 g/mol. The molecule has 0 fully saturated rings. The highest BCUT2D eigenvalue weighted by molar-refractivity contribution is 6.08. The van der Waals surface area contributed by atoms with Crippen LogP contribution < -0.4 is 15.4 Å². The first-order valence-electron chi connectivity index (χ1n) is 8.29. The Labute approximate surface area is 155 Å². The van der Waals surface area contributed by atoms with Crippen molar-refractivity contribution in [1.82, 2.24) is 10.1 Å². The summed E-state index contributed by atoms with van der Waals surface area (Å²) >= 11 is 0. The molecular weight excluding hydrogens is 348 g/mol. The highest BCUT2D eigenvalue weighted by atomic mass is 16.5. The van der Waals surface area contributed by atoms with Crippen LogP contribution in [0.25, 0.3) is 0 Å². The molecule has 0 saturated carbocycles. The van der Waals surface area contributed by atoms with E-state index < -0.39 is 11.8 Å². The molecule has 8 nitrogen and oxygen atoms in total. The minimum absolute atomic E-state index is 0.224. The summed E-state index contributed by atoms with van der Waals surface area (Å²) in [4.78, 5) is 28.8. The van der Waals surface area contributed by atoms with Crippen LogP contribution in [0.15, 0.2) is 53.3 Å². The Hall–Kier alpha value is -3.68. The van der Waals surface area contributed by atoms with Crippen LogP contribution in [0.4, 0.5) is 11.5 Å². The molecule has 0 aliphatic heterocycles. The van der Waals surface area contributed by atoms with Gasteiger partial charge in [-0.15, -0.1) is 0 Å². The van der Waals surface area contributed by atoms with Crippen LogP contribution in [0.3, 0.4) is 0 Å². The van der Waals surface area contributed by atoms with Crippen molar-refractivity contribution in [2.75, 3.05) is 17.2 Å². The quantitative estimate of drug-likeness (QED) is 0.693. The molecule has 0 unspecified atom stereocenters. The largest absolute Gasteiger partial charge is 0.492 e. The number of aryl methyl sites for hydroxylation is 1. The number of benzene rings is 1. The van der Waals surface area contributed by atoms with E-state index in [2.05, 4.69) is 20.8 Å². The molecule has 1 aromatic carbocycles. The topological polar surface area (TPSA) is 106 Å². The number of aromatic nitrogens is 2. The number of hydrogen-bond donors (Lipinski definition) is 2. The highest BCUT2D eigenvalue weighted by Gasteiger charge is 2.14. The van der Waals surface area contributed by atoms with Crippen LogP contribution >= 0.6 is 0 Å². The number of para-hydroxylation sites is 2. The Balaban J connectivity index is 1.75. The zero-order valence-electron chi connectivity index (χ0n) is 14.9. The van der Waals surface area contributed by atoms with Crippen molar-refractivity contribution in [3.8, 4) is 5.75 Å². The lowest BCUT2D eigenvalue weighted by Gasteiger charge is -2.11. The third kappa shape index (κ3) is 4.49. The third-order valence-electron chi connectivity index (χ3n) is 3.57. The van der Waals surface area contributed by atoms with Crippen molar-refractivity contribution in [3.63, 3.8) is 0 Å². The lowest BCUT2D eigenvalue weighted by Crippen LogP contribution is -2.16. The number of amides is 2. The number of nitrogens with one attached hydrogen (secondary N) is 2. The first kappa shape index (κ1) is 18.1. The molecular formula is C19H18N4O4. The van der Waals surface area contributed by atoms with E-state index in [-0.39, 0.29) is 16.9 Å². The van der Waals surface area contributed by atoms with Gasteiger partial charge in [-0.2, -0.15) is 0 Å². The molecule has 0 atom stereocenters. The molecule has 3 aromatic rings. The highest BCUT2D eigenvalue weighted by Crippen LogP contribution is 2.24. The molecule has 27 heavy (non-hydrogen) atoms.